The van der Waals surface area contributed by atoms with Crippen molar-refractivity contribution in [2.24, 2.45) is 5.92 Å². The second-order valence-corrected chi connectivity index (χ2v) is 6.07. The lowest BCUT2D eigenvalue weighted by atomic mass is 10.1. The largest absolute Gasteiger partial charge is 0.508 e. The van der Waals surface area contributed by atoms with E-state index in [2.05, 4.69) is 5.32 Å². The summed E-state index contributed by atoms with van der Waals surface area (Å²) < 4.78 is 0. The molecular weight excluding hydrogens is 304 g/mol. The fraction of sp³-hybridized carbons (Fsp3) is 0.263. The lowest BCUT2D eigenvalue weighted by Gasteiger charge is -2.17. The fourth-order valence-electron chi connectivity index (χ4n) is 2.43. The highest BCUT2D eigenvalue weighted by Crippen LogP contribution is 2.28. The summed E-state index contributed by atoms with van der Waals surface area (Å²) in [6, 6.07) is 13.7. The van der Waals surface area contributed by atoms with Crippen molar-refractivity contribution in [1.82, 2.24) is 5.32 Å². The van der Waals surface area contributed by atoms with Gasteiger partial charge in [0.25, 0.3) is 5.91 Å². The first-order valence-electron chi connectivity index (χ1n) is 7.98. The van der Waals surface area contributed by atoms with Crippen molar-refractivity contribution in [2.75, 3.05) is 11.9 Å². The quantitative estimate of drug-likeness (QED) is 0.888. The maximum atomic E-state index is 12.5. The molecule has 0 spiro atoms. The SMILES string of the molecule is CN(C(=O)c1ccc(CNC(=O)C2CC2)cc1)c1ccc(O)cc1. The Kier molecular flexibility index (Phi) is 4.51. The first-order valence-corrected chi connectivity index (χ1v) is 7.98. The normalized spacial score (nSPS) is 13.4. The van der Waals surface area contributed by atoms with Crippen LogP contribution in [-0.2, 0) is 11.3 Å². The van der Waals surface area contributed by atoms with Gasteiger partial charge in [0.2, 0.25) is 5.91 Å². The van der Waals surface area contributed by atoms with E-state index in [-0.39, 0.29) is 23.5 Å². The van der Waals surface area contributed by atoms with E-state index >= 15 is 0 Å². The minimum Gasteiger partial charge on any atom is -0.508 e. The van der Waals surface area contributed by atoms with E-state index in [1.807, 2.05) is 12.1 Å². The van der Waals surface area contributed by atoms with Crippen molar-refractivity contribution < 1.29 is 14.7 Å². The van der Waals surface area contributed by atoms with E-state index in [1.54, 1.807) is 43.4 Å². The molecule has 0 saturated heterocycles. The molecule has 0 radical (unpaired) electrons. The smallest absolute Gasteiger partial charge is 0.258 e. The number of phenols is 1. The fourth-order valence-corrected chi connectivity index (χ4v) is 2.43. The molecular formula is C19H20N2O3. The van der Waals surface area contributed by atoms with Crippen LogP contribution >= 0.6 is 0 Å². The summed E-state index contributed by atoms with van der Waals surface area (Å²) in [5.74, 6) is 0.346. The molecule has 1 aliphatic rings. The molecule has 0 bridgehead atoms. The van der Waals surface area contributed by atoms with Gasteiger partial charge in [0.15, 0.2) is 0 Å². The van der Waals surface area contributed by atoms with Crippen molar-refractivity contribution in [2.45, 2.75) is 19.4 Å². The maximum Gasteiger partial charge on any atom is 0.258 e. The van der Waals surface area contributed by atoms with Gasteiger partial charge in [-0.05, 0) is 54.8 Å². The molecule has 3 rings (SSSR count). The van der Waals surface area contributed by atoms with Crippen molar-refractivity contribution >= 4 is 17.5 Å². The van der Waals surface area contributed by atoms with E-state index in [0.29, 0.717) is 17.8 Å². The molecule has 0 atom stereocenters. The predicted octanol–water partition coefficient (Wildman–Crippen LogP) is 2.70. The molecule has 0 aromatic heterocycles. The molecule has 5 nitrogen and oxygen atoms in total. The topological polar surface area (TPSA) is 69.6 Å². The van der Waals surface area contributed by atoms with Crippen LogP contribution in [0.15, 0.2) is 48.5 Å². The molecule has 2 aromatic carbocycles. The number of aromatic hydroxyl groups is 1. The number of nitrogens with one attached hydrogen (secondary N) is 1. The Hall–Kier alpha value is -2.82. The van der Waals surface area contributed by atoms with Gasteiger partial charge in [0.05, 0.1) is 0 Å². The number of carbonyl (C=O) groups excluding carboxylic acids is 2. The third kappa shape index (κ3) is 3.74. The van der Waals surface area contributed by atoms with Gasteiger partial charge in [0.1, 0.15) is 5.75 Å². The zero-order valence-electron chi connectivity index (χ0n) is 13.5. The molecule has 1 saturated carbocycles. The summed E-state index contributed by atoms with van der Waals surface area (Å²) in [5, 5.41) is 12.2. The first-order chi connectivity index (χ1) is 11.5. The summed E-state index contributed by atoms with van der Waals surface area (Å²) in [5.41, 5.74) is 2.24. The van der Waals surface area contributed by atoms with Crippen LogP contribution in [0.3, 0.4) is 0 Å². The summed E-state index contributed by atoms with van der Waals surface area (Å²) in [7, 11) is 1.69. The minimum atomic E-state index is -0.130. The van der Waals surface area contributed by atoms with Gasteiger partial charge in [-0.25, -0.2) is 0 Å². The van der Waals surface area contributed by atoms with Crippen molar-refractivity contribution in [1.29, 1.82) is 0 Å². The van der Waals surface area contributed by atoms with Crippen LogP contribution < -0.4 is 10.2 Å². The number of hydrogen-bond donors (Lipinski definition) is 2. The Morgan fingerprint density at radius 3 is 2.29 bits per heavy atom. The Balaban J connectivity index is 1.62. The number of carbonyl (C=O) groups is 2. The van der Waals surface area contributed by atoms with Crippen molar-refractivity contribution in [3.8, 4) is 5.75 Å². The standard InChI is InChI=1S/C19H20N2O3/c1-21(16-8-10-17(22)11-9-16)19(24)15-4-2-13(3-5-15)12-20-18(23)14-6-7-14/h2-5,8-11,14,22H,6-7,12H2,1H3,(H,20,23). The van der Waals surface area contributed by atoms with Crippen molar-refractivity contribution in [3.05, 3.63) is 59.7 Å². The van der Waals surface area contributed by atoms with E-state index in [0.717, 1.165) is 18.4 Å². The second-order valence-electron chi connectivity index (χ2n) is 6.07. The number of anilines is 1. The molecule has 0 heterocycles. The third-order valence-electron chi connectivity index (χ3n) is 4.16. The molecule has 24 heavy (non-hydrogen) atoms. The van der Waals surface area contributed by atoms with Crippen LogP contribution in [0.2, 0.25) is 0 Å². The molecule has 1 aliphatic carbocycles. The van der Waals surface area contributed by atoms with E-state index < -0.39 is 0 Å². The monoisotopic (exact) mass is 324 g/mol. The third-order valence-corrected chi connectivity index (χ3v) is 4.16. The summed E-state index contributed by atoms with van der Waals surface area (Å²) in [6.45, 7) is 0.484. The highest BCUT2D eigenvalue weighted by atomic mass is 16.3. The van der Waals surface area contributed by atoms with Gasteiger partial charge < -0.3 is 15.3 Å². The van der Waals surface area contributed by atoms with E-state index in [1.165, 1.54) is 4.90 Å². The summed E-state index contributed by atoms with van der Waals surface area (Å²) in [6.07, 6.45) is 1.98. The van der Waals surface area contributed by atoms with Crippen LogP contribution in [0.5, 0.6) is 5.75 Å². The lowest BCUT2D eigenvalue weighted by molar-refractivity contribution is -0.122. The zero-order valence-corrected chi connectivity index (χ0v) is 13.5. The Labute approximate surface area is 140 Å². The zero-order chi connectivity index (χ0) is 17.1. The van der Waals surface area contributed by atoms with E-state index in [9.17, 15) is 14.7 Å². The Morgan fingerprint density at radius 2 is 1.71 bits per heavy atom. The highest BCUT2D eigenvalue weighted by molar-refractivity contribution is 6.05. The first kappa shape index (κ1) is 16.1. The molecule has 5 heteroatoms. The van der Waals surface area contributed by atoms with Gasteiger partial charge in [-0.1, -0.05) is 12.1 Å². The van der Waals surface area contributed by atoms with Crippen LogP contribution in [0, 0.1) is 5.92 Å². The molecule has 0 unspecified atom stereocenters. The van der Waals surface area contributed by atoms with Crippen LogP contribution in [0.1, 0.15) is 28.8 Å². The van der Waals surface area contributed by atoms with E-state index in [4.69, 9.17) is 0 Å². The number of rotatable bonds is 5. The highest BCUT2D eigenvalue weighted by Gasteiger charge is 2.29. The maximum absolute atomic E-state index is 12.5. The molecule has 2 aromatic rings. The number of nitrogens with zero attached hydrogens (tertiary/aromatic N) is 1. The average molecular weight is 324 g/mol. The number of benzene rings is 2. The van der Waals surface area contributed by atoms with Gasteiger partial charge >= 0.3 is 0 Å². The summed E-state index contributed by atoms with van der Waals surface area (Å²) in [4.78, 5) is 25.7. The van der Waals surface area contributed by atoms with Gasteiger partial charge in [-0.2, -0.15) is 0 Å². The number of amides is 2. The Bertz CT molecular complexity index is 734. The Morgan fingerprint density at radius 1 is 1.08 bits per heavy atom. The molecule has 1 fully saturated rings. The second kappa shape index (κ2) is 6.74. The van der Waals surface area contributed by atoms with Gasteiger partial charge in [-0.3, -0.25) is 9.59 Å². The molecule has 2 N–H and O–H groups in total. The van der Waals surface area contributed by atoms with Crippen molar-refractivity contribution in [3.63, 3.8) is 0 Å². The molecule has 124 valence electrons. The average Bonchev–Trinajstić information content (AvgIpc) is 3.45. The predicted molar refractivity (Wildman–Crippen MR) is 91.9 cm³/mol. The number of phenolic OH excluding ortho intramolecular Hbond substituents is 1. The lowest BCUT2D eigenvalue weighted by Crippen LogP contribution is -2.26. The summed E-state index contributed by atoms with van der Waals surface area (Å²) >= 11 is 0. The van der Waals surface area contributed by atoms with Crippen LogP contribution in [-0.4, -0.2) is 24.0 Å². The van der Waals surface area contributed by atoms with Gasteiger partial charge in [0, 0.05) is 30.8 Å². The molecule has 0 aliphatic heterocycles. The van der Waals surface area contributed by atoms with Crippen LogP contribution in [0.25, 0.3) is 0 Å². The number of hydrogen-bond acceptors (Lipinski definition) is 3. The van der Waals surface area contributed by atoms with Gasteiger partial charge in [-0.15, -0.1) is 0 Å². The minimum absolute atomic E-state index is 0.113. The molecule has 2 amide bonds. The van der Waals surface area contributed by atoms with Crippen LogP contribution in [0.4, 0.5) is 5.69 Å².